The molecule has 0 aromatic heterocycles. The Kier molecular flexibility index (Phi) is 10.8. The van der Waals surface area contributed by atoms with Crippen molar-refractivity contribution in [3.8, 4) is 0 Å². The van der Waals surface area contributed by atoms with E-state index in [1.54, 1.807) is 0 Å². The van der Waals surface area contributed by atoms with Crippen LogP contribution in [0.3, 0.4) is 0 Å². The number of rotatable bonds is 5. The number of carbonyl (C=O) groups is 1. The van der Waals surface area contributed by atoms with Crippen LogP contribution in [0, 0.1) is 0 Å². The minimum absolute atomic E-state index is 0.0869. The number of ether oxygens (including phenoxy) is 1. The van der Waals surface area contributed by atoms with Crippen molar-refractivity contribution in [2.24, 2.45) is 0 Å². The molecule has 0 spiro atoms. The first-order chi connectivity index (χ1) is 8.20. The highest BCUT2D eigenvalue weighted by Gasteiger charge is 1.95. The van der Waals surface area contributed by atoms with Crippen LogP contribution >= 0.6 is 11.6 Å². The molecule has 3 heteroatoms. The van der Waals surface area contributed by atoms with Gasteiger partial charge in [0.2, 0.25) is 0 Å². The highest BCUT2D eigenvalue weighted by Crippen LogP contribution is 2.03. The molecule has 0 fully saturated rings. The summed E-state index contributed by atoms with van der Waals surface area (Å²) in [6.07, 6.45) is 3.81. The molecule has 0 aliphatic carbocycles. The van der Waals surface area contributed by atoms with Gasteiger partial charge in [0, 0.05) is 11.4 Å². The minimum atomic E-state index is -0.0869. The standard InChI is InChI=1S/C8H16O2.C6H5Cl/c1-3-5-6-7-10-8(9)4-2;7-6-4-2-1-3-5-6/h3-7H2,1-2H3;1-5H. The number of benzene rings is 1. The van der Waals surface area contributed by atoms with E-state index in [4.69, 9.17) is 16.3 Å². The molecule has 17 heavy (non-hydrogen) atoms. The molecule has 1 aromatic rings. The fourth-order valence-electron chi connectivity index (χ4n) is 1.05. The molecule has 0 N–H and O–H groups in total. The average Bonchev–Trinajstić information content (AvgIpc) is 2.36. The van der Waals surface area contributed by atoms with E-state index in [9.17, 15) is 4.79 Å². The summed E-state index contributed by atoms with van der Waals surface area (Å²) in [4.78, 5) is 10.6. The van der Waals surface area contributed by atoms with Crippen LogP contribution in [0.4, 0.5) is 0 Å². The van der Waals surface area contributed by atoms with E-state index in [1.165, 1.54) is 6.42 Å². The predicted molar refractivity (Wildman–Crippen MR) is 72.2 cm³/mol. The Hall–Kier alpha value is -1.02. The summed E-state index contributed by atoms with van der Waals surface area (Å²) >= 11 is 5.54. The summed E-state index contributed by atoms with van der Waals surface area (Å²) in [6, 6.07) is 9.44. The highest BCUT2D eigenvalue weighted by atomic mass is 35.5. The maximum Gasteiger partial charge on any atom is 0.305 e. The number of halogens is 1. The highest BCUT2D eigenvalue weighted by molar-refractivity contribution is 6.30. The first-order valence-electron chi connectivity index (χ1n) is 6.06. The van der Waals surface area contributed by atoms with Gasteiger partial charge in [0.25, 0.3) is 0 Å². The molecule has 0 aliphatic heterocycles. The molecule has 2 nitrogen and oxygen atoms in total. The lowest BCUT2D eigenvalue weighted by atomic mass is 10.3. The van der Waals surface area contributed by atoms with Gasteiger partial charge < -0.3 is 4.74 Å². The molecule has 0 aliphatic rings. The minimum Gasteiger partial charge on any atom is -0.466 e. The number of hydrogen-bond acceptors (Lipinski definition) is 2. The normalized spacial score (nSPS) is 9.12. The van der Waals surface area contributed by atoms with E-state index in [0.717, 1.165) is 17.9 Å². The van der Waals surface area contributed by atoms with Crippen LogP contribution in [-0.2, 0) is 9.53 Å². The van der Waals surface area contributed by atoms with Gasteiger partial charge in [-0.3, -0.25) is 4.79 Å². The molecule has 0 amide bonds. The Labute approximate surface area is 109 Å². The van der Waals surface area contributed by atoms with Crippen LogP contribution in [0.1, 0.15) is 39.5 Å². The Morgan fingerprint density at radius 2 is 1.82 bits per heavy atom. The average molecular weight is 257 g/mol. The zero-order chi connectivity index (χ0) is 12.9. The van der Waals surface area contributed by atoms with Crippen LogP contribution in [0.2, 0.25) is 5.02 Å². The fraction of sp³-hybridized carbons (Fsp3) is 0.500. The van der Waals surface area contributed by atoms with Crippen molar-refractivity contribution in [3.63, 3.8) is 0 Å². The molecule has 0 unspecified atom stereocenters. The van der Waals surface area contributed by atoms with E-state index in [1.807, 2.05) is 37.3 Å². The van der Waals surface area contributed by atoms with Crippen LogP contribution in [0.5, 0.6) is 0 Å². The predicted octanol–water partition coefficient (Wildman–Crippen LogP) is 4.47. The lowest BCUT2D eigenvalue weighted by Crippen LogP contribution is -2.03. The molecule has 0 radical (unpaired) electrons. The Morgan fingerprint density at radius 3 is 2.24 bits per heavy atom. The van der Waals surface area contributed by atoms with E-state index >= 15 is 0 Å². The van der Waals surface area contributed by atoms with Crippen molar-refractivity contribution in [1.29, 1.82) is 0 Å². The second-order valence-corrected chi connectivity index (χ2v) is 4.01. The van der Waals surface area contributed by atoms with Gasteiger partial charge in [0.15, 0.2) is 0 Å². The SMILES string of the molecule is CCCCCOC(=O)CC.Clc1ccccc1. The Morgan fingerprint density at radius 1 is 1.18 bits per heavy atom. The Bertz CT molecular complexity index is 286. The molecule has 0 saturated carbocycles. The summed E-state index contributed by atoms with van der Waals surface area (Å²) in [5.74, 6) is -0.0869. The molecule has 0 heterocycles. The van der Waals surface area contributed by atoms with Crippen LogP contribution in [0.25, 0.3) is 0 Å². The fourth-order valence-corrected chi connectivity index (χ4v) is 1.20. The quantitative estimate of drug-likeness (QED) is 0.574. The van der Waals surface area contributed by atoms with Crippen molar-refractivity contribution < 1.29 is 9.53 Å². The van der Waals surface area contributed by atoms with Gasteiger partial charge >= 0.3 is 5.97 Å². The van der Waals surface area contributed by atoms with E-state index < -0.39 is 0 Å². The lowest BCUT2D eigenvalue weighted by molar-refractivity contribution is -0.143. The van der Waals surface area contributed by atoms with Crippen molar-refractivity contribution in [1.82, 2.24) is 0 Å². The second kappa shape index (κ2) is 11.5. The third-order valence-corrected chi connectivity index (χ3v) is 2.28. The molecule has 96 valence electrons. The Balaban J connectivity index is 0.000000318. The first-order valence-corrected chi connectivity index (χ1v) is 6.44. The van der Waals surface area contributed by atoms with Crippen LogP contribution in [-0.4, -0.2) is 12.6 Å². The maximum atomic E-state index is 10.6. The van der Waals surface area contributed by atoms with Gasteiger partial charge in [-0.1, -0.05) is 56.5 Å². The zero-order valence-corrected chi connectivity index (χ0v) is 11.4. The molecule has 1 rings (SSSR count). The van der Waals surface area contributed by atoms with Crippen molar-refractivity contribution in [2.75, 3.05) is 6.61 Å². The molecule has 0 saturated heterocycles. The van der Waals surface area contributed by atoms with Gasteiger partial charge in [-0.15, -0.1) is 0 Å². The second-order valence-electron chi connectivity index (χ2n) is 3.58. The molecular weight excluding hydrogens is 236 g/mol. The molecule has 0 bridgehead atoms. The van der Waals surface area contributed by atoms with Crippen molar-refractivity contribution in [3.05, 3.63) is 35.4 Å². The summed E-state index contributed by atoms with van der Waals surface area (Å²) in [7, 11) is 0. The van der Waals surface area contributed by atoms with Gasteiger partial charge in [-0.2, -0.15) is 0 Å². The number of carbonyl (C=O) groups excluding carboxylic acids is 1. The van der Waals surface area contributed by atoms with Gasteiger partial charge in [0.05, 0.1) is 6.61 Å². The van der Waals surface area contributed by atoms with E-state index in [-0.39, 0.29) is 5.97 Å². The topological polar surface area (TPSA) is 26.3 Å². The summed E-state index contributed by atoms with van der Waals surface area (Å²) in [5, 5.41) is 0.794. The van der Waals surface area contributed by atoms with Crippen molar-refractivity contribution in [2.45, 2.75) is 39.5 Å². The number of unbranched alkanes of at least 4 members (excludes halogenated alkanes) is 2. The smallest absolute Gasteiger partial charge is 0.305 e. The largest absolute Gasteiger partial charge is 0.466 e. The molecule has 1 aromatic carbocycles. The summed E-state index contributed by atoms with van der Waals surface area (Å²) < 4.78 is 4.85. The maximum absolute atomic E-state index is 10.6. The number of esters is 1. The van der Waals surface area contributed by atoms with Gasteiger partial charge in [-0.25, -0.2) is 0 Å². The lowest BCUT2D eigenvalue weighted by Gasteiger charge is -2.00. The summed E-state index contributed by atoms with van der Waals surface area (Å²) in [5.41, 5.74) is 0. The van der Waals surface area contributed by atoms with E-state index in [0.29, 0.717) is 13.0 Å². The first kappa shape index (κ1) is 16.0. The monoisotopic (exact) mass is 256 g/mol. The van der Waals surface area contributed by atoms with E-state index in [2.05, 4.69) is 6.92 Å². The summed E-state index contributed by atoms with van der Waals surface area (Å²) in [6.45, 7) is 4.53. The molecular formula is C14H21ClO2. The van der Waals surface area contributed by atoms with Crippen LogP contribution < -0.4 is 0 Å². The van der Waals surface area contributed by atoms with Gasteiger partial charge in [-0.05, 0) is 18.6 Å². The van der Waals surface area contributed by atoms with Gasteiger partial charge in [0.1, 0.15) is 0 Å². The third kappa shape index (κ3) is 11.2. The van der Waals surface area contributed by atoms with Crippen molar-refractivity contribution >= 4 is 17.6 Å². The number of hydrogen-bond donors (Lipinski definition) is 0. The molecule has 0 atom stereocenters. The van der Waals surface area contributed by atoms with Crippen LogP contribution in [0.15, 0.2) is 30.3 Å². The zero-order valence-electron chi connectivity index (χ0n) is 10.6. The third-order valence-electron chi connectivity index (χ3n) is 2.03.